The van der Waals surface area contributed by atoms with Crippen molar-refractivity contribution in [1.82, 2.24) is 9.97 Å². The van der Waals surface area contributed by atoms with E-state index in [9.17, 15) is 0 Å². The fourth-order valence-electron chi connectivity index (χ4n) is 3.72. The van der Waals surface area contributed by atoms with E-state index in [2.05, 4.69) is 23.3 Å². The molecule has 0 amide bonds. The molecule has 2 heterocycles. The van der Waals surface area contributed by atoms with Gasteiger partial charge >= 0.3 is 0 Å². The van der Waals surface area contributed by atoms with Crippen LogP contribution in [0.3, 0.4) is 0 Å². The molecule has 0 atom stereocenters. The van der Waals surface area contributed by atoms with Crippen LogP contribution in [-0.4, -0.2) is 16.5 Å². The van der Waals surface area contributed by atoms with Crippen LogP contribution in [0.15, 0.2) is 36.5 Å². The van der Waals surface area contributed by atoms with Gasteiger partial charge in [-0.05, 0) is 43.4 Å². The van der Waals surface area contributed by atoms with E-state index in [1.807, 2.05) is 30.5 Å². The highest BCUT2D eigenvalue weighted by Gasteiger charge is 2.14. The van der Waals surface area contributed by atoms with E-state index in [4.69, 9.17) is 9.72 Å². The molecule has 142 valence electrons. The molecule has 1 aliphatic rings. The van der Waals surface area contributed by atoms with Crippen molar-refractivity contribution < 1.29 is 4.74 Å². The number of hydrogen-bond acceptors (Lipinski definition) is 5. The number of aromatic nitrogens is 2. The summed E-state index contributed by atoms with van der Waals surface area (Å²) in [6.07, 6.45) is 10.7. The lowest BCUT2D eigenvalue weighted by Gasteiger charge is -2.21. The molecule has 1 aromatic carbocycles. The first kappa shape index (κ1) is 18.2. The number of hydrogen-bond donors (Lipinski definition) is 1. The minimum absolute atomic E-state index is 0.800. The highest BCUT2D eigenvalue weighted by Crippen LogP contribution is 2.32. The lowest BCUT2D eigenvalue weighted by atomic mass is 9.89. The molecule has 2 aromatic heterocycles. The van der Waals surface area contributed by atoms with Gasteiger partial charge in [0.25, 0.3) is 0 Å². The van der Waals surface area contributed by atoms with Gasteiger partial charge < -0.3 is 10.1 Å². The van der Waals surface area contributed by atoms with E-state index in [0.29, 0.717) is 0 Å². The van der Waals surface area contributed by atoms with Crippen LogP contribution in [0.4, 0.5) is 5.13 Å². The molecule has 1 aliphatic carbocycles. The number of rotatable bonds is 7. The van der Waals surface area contributed by atoms with Crippen molar-refractivity contribution >= 4 is 26.7 Å². The zero-order chi connectivity index (χ0) is 18.5. The number of nitrogens with one attached hydrogen (secondary N) is 1. The minimum Gasteiger partial charge on any atom is -0.457 e. The Hall–Kier alpha value is -2.14. The zero-order valence-electron chi connectivity index (χ0n) is 15.9. The summed E-state index contributed by atoms with van der Waals surface area (Å²) in [7, 11) is 0. The maximum atomic E-state index is 6.06. The number of benzene rings is 1. The SMILES string of the molecule is CCCc1cc(Oc2ccc3nc(NCC4CCCCC4)sc3c2)ccn1. The Kier molecular flexibility index (Phi) is 5.87. The molecule has 27 heavy (non-hydrogen) atoms. The number of pyridine rings is 1. The number of nitrogens with zero attached hydrogens (tertiary/aromatic N) is 2. The first-order valence-corrected chi connectivity index (χ1v) is 10.9. The van der Waals surface area contributed by atoms with Gasteiger partial charge in [0.05, 0.1) is 10.2 Å². The van der Waals surface area contributed by atoms with Crippen molar-refractivity contribution in [3.8, 4) is 11.5 Å². The van der Waals surface area contributed by atoms with E-state index >= 15 is 0 Å². The topological polar surface area (TPSA) is 47.0 Å². The van der Waals surface area contributed by atoms with Crippen molar-refractivity contribution in [2.75, 3.05) is 11.9 Å². The molecule has 0 spiro atoms. The summed E-state index contributed by atoms with van der Waals surface area (Å²) < 4.78 is 7.21. The fraction of sp³-hybridized carbons (Fsp3) is 0.455. The normalized spacial score (nSPS) is 15.1. The molecule has 0 aliphatic heterocycles. The molecule has 5 heteroatoms. The van der Waals surface area contributed by atoms with Gasteiger partial charge in [-0.15, -0.1) is 0 Å². The average Bonchev–Trinajstić information content (AvgIpc) is 3.10. The molecule has 1 fully saturated rings. The number of fused-ring (bicyclic) bond motifs is 1. The third-order valence-corrected chi connectivity index (χ3v) is 6.13. The first-order chi connectivity index (χ1) is 13.3. The molecule has 0 unspecified atom stereocenters. The highest BCUT2D eigenvalue weighted by molar-refractivity contribution is 7.22. The molecule has 3 aromatic rings. The van der Waals surface area contributed by atoms with Gasteiger partial charge in [-0.1, -0.05) is 43.9 Å². The van der Waals surface area contributed by atoms with E-state index in [1.165, 1.54) is 32.1 Å². The summed E-state index contributed by atoms with van der Waals surface area (Å²) in [5.41, 5.74) is 2.10. The Morgan fingerprint density at radius 3 is 2.81 bits per heavy atom. The Labute approximate surface area is 165 Å². The van der Waals surface area contributed by atoms with E-state index in [1.54, 1.807) is 11.3 Å². The van der Waals surface area contributed by atoms with Crippen LogP contribution >= 0.6 is 11.3 Å². The van der Waals surface area contributed by atoms with Gasteiger partial charge in [0, 0.05) is 30.6 Å². The van der Waals surface area contributed by atoms with Crippen molar-refractivity contribution in [3.63, 3.8) is 0 Å². The molecular formula is C22H27N3OS. The summed E-state index contributed by atoms with van der Waals surface area (Å²) >= 11 is 1.71. The second-order valence-electron chi connectivity index (χ2n) is 7.37. The van der Waals surface area contributed by atoms with Crippen LogP contribution in [0, 0.1) is 5.92 Å². The van der Waals surface area contributed by atoms with Gasteiger partial charge in [-0.3, -0.25) is 4.98 Å². The fourth-order valence-corrected chi connectivity index (χ4v) is 4.62. The van der Waals surface area contributed by atoms with Gasteiger partial charge in [0.15, 0.2) is 5.13 Å². The molecule has 0 radical (unpaired) electrons. The van der Waals surface area contributed by atoms with Crippen molar-refractivity contribution in [2.45, 2.75) is 51.9 Å². The second kappa shape index (κ2) is 8.70. The van der Waals surface area contributed by atoms with Crippen LogP contribution in [0.5, 0.6) is 11.5 Å². The van der Waals surface area contributed by atoms with Crippen molar-refractivity contribution in [2.24, 2.45) is 5.92 Å². The maximum absolute atomic E-state index is 6.06. The number of anilines is 1. The molecule has 0 saturated heterocycles. The molecule has 1 saturated carbocycles. The average molecular weight is 382 g/mol. The standard InChI is InChI=1S/C22H27N3OS/c1-2-6-17-13-19(11-12-23-17)26-18-9-10-20-21(14-18)27-22(25-20)24-15-16-7-4-3-5-8-16/h9-14,16H,2-8,15H2,1H3,(H,24,25). The van der Waals surface area contributed by atoms with Crippen molar-refractivity contribution in [3.05, 3.63) is 42.2 Å². The number of aryl methyl sites for hydroxylation is 1. The van der Waals surface area contributed by atoms with E-state index in [0.717, 1.165) is 57.8 Å². The second-order valence-corrected chi connectivity index (χ2v) is 8.40. The van der Waals surface area contributed by atoms with Crippen LogP contribution in [0.1, 0.15) is 51.1 Å². The Balaban J connectivity index is 1.43. The maximum Gasteiger partial charge on any atom is 0.183 e. The van der Waals surface area contributed by atoms with Crippen LogP contribution in [0.25, 0.3) is 10.2 Å². The summed E-state index contributed by atoms with van der Waals surface area (Å²) in [6, 6.07) is 10.1. The van der Waals surface area contributed by atoms with Gasteiger partial charge in [-0.2, -0.15) is 0 Å². The molecule has 1 N–H and O–H groups in total. The van der Waals surface area contributed by atoms with Crippen molar-refractivity contribution in [1.29, 1.82) is 0 Å². The summed E-state index contributed by atoms with van der Waals surface area (Å²) in [6.45, 7) is 3.20. The molecular weight excluding hydrogens is 354 g/mol. The minimum atomic E-state index is 0.800. The van der Waals surface area contributed by atoms with Gasteiger partial charge in [-0.25, -0.2) is 4.98 Å². The van der Waals surface area contributed by atoms with Gasteiger partial charge in [0.2, 0.25) is 0 Å². The number of ether oxygens (including phenoxy) is 1. The predicted molar refractivity (Wildman–Crippen MR) is 113 cm³/mol. The molecule has 4 rings (SSSR count). The Bertz CT molecular complexity index is 886. The quantitative estimate of drug-likeness (QED) is 0.512. The lowest BCUT2D eigenvalue weighted by Crippen LogP contribution is -2.16. The predicted octanol–water partition coefficient (Wildman–Crippen LogP) is 6.43. The van der Waals surface area contributed by atoms with Crippen LogP contribution in [-0.2, 0) is 6.42 Å². The lowest BCUT2D eigenvalue weighted by molar-refractivity contribution is 0.373. The summed E-state index contributed by atoms with van der Waals surface area (Å²) in [5, 5.41) is 4.57. The van der Waals surface area contributed by atoms with Crippen LogP contribution in [0.2, 0.25) is 0 Å². The van der Waals surface area contributed by atoms with Gasteiger partial charge in [0.1, 0.15) is 11.5 Å². The number of thiazole rings is 1. The molecule has 0 bridgehead atoms. The summed E-state index contributed by atoms with van der Waals surface area (Å²) in [4.78, 5) is 9.11. The zero-order valence-corrected chi connectivity index (χ0v) is 16.7. The van der Waals surface area contributed by atoms with Crippen LogP contribution < -0.4 is 10.1 Å². The third-order valence-electron chi connectivity index (χ3n) is 5.16. The van der Waals surface area contributed by atoms with E-state index < -0.39 is 0 Å². The van der Waals surface area contributed by atoms with E-state index in [-0.39, 0.29) is 0 Å². The monoisotopic (exact) mass is 381 g/mol. The largest absolute Gasteiger partial charge is 0.457 e. The third kappa shape index (κ3) is 4.78. The smallest absolute Gasteiger partial charge is 0.183 e. The Morgan fingerprint density at radius 2 is 1.96 bits per heavy atom. The Morgan fingerprint density at radius 1 is 1.11 bits per heavy atom. The summed E-state index contributed by atoms with van der Waals surface area (Å²) in [5.74, 6) is 2.49. The molecule has 4 nitrogen and oxygen atoms in total. The first-order valence-electron chi connectivity index (χ1n) is 10.1. The highest BCUT2D eigenvalue weighted by atomic mass is 32.1.